The summed E-state index contributed by atoms with van der Waals surface area (Å²) in [5.74, 6) is -0.554. The van der Waals surface area contributed by atoms with Crippen LogP contribution in [0, 0.1) is 0 Å². The first-order chi connectivity index (χ1) is 8.00. The summed E-state index contributed by atoms with van der Waals surface area (Å²) in [6.45, 7) is 0.119. The van der Waals surface area contributed by atoms with Crippen LogP contribution in [-0.2, 0) is 4.79 Å². The van der Waals surface area contributed by atoms with E-state index < -0.39 is 5.97 Å². The molecule has 0 aliphatic carbocycles. The predicted octanol–water partition coefficient (Wildman–Crippen LogP) is 0.352. The minimum Gasteiger partial charge on any atom is -0.481 e. The first-order valence-corrected chi connectivity index (χ1v) is 5.14. The Morgan fingerprint density at radius 3 is 2.76 bits per heavy atom. The van der Waals surface area contributed by atoms with Gasteiger partial charge in [0, 0.05) is 32.4 Å². The summed E-state index contributed by atoms with van der Waals surface area (Å²) in [5, 5.41) is 11.0. The molecule has 6 nitrogen and oxygen atoms in total. The highest BCUT2D eigenvalue weighted by Gasteiger charge is 2.07. The van der Waals surface area contributed by atoms with Gasteiger partial charge < -0.3 is 15.3 Å². The SMILES string of the molecule is CN(C)c1cc(C(=O)NCCC(=O)O)ccn1. The number of amides is 1. The van der Waals surface area contributed by atoms with E-state index in [1.807, 2.05) is 14.1 Å². The molecule has 6 heteroatoms. The van der Waals surface area contributed by atoms with Crippen molar-refractivity contribution in [2.45, 2.75) is 6.42 Å². The third-order valence-corrected chi connectivity index (χ3v) is 2.09. The molecule has 1 rings (SSSR count). The number of aromatic nitrogens is 1. The zero-order valence-corrected chi connectivity index (χ0v) is 9.80. The van der Waals surface area contributed by atoms with E-state index in [-0.39, 0.29) is 18.9 Å². The molecular formula is C11H15N3O3. The number of hydrogen-bond acceptors (Lipinski definition) is 4. The second kappa shape index (κ2) is 5.83. The summed E-state index contributed by atoms with van der Waals surface area (Å²) in [6, 6.07) is 3.24. The molecule has 1 aromatic rings. The van der Waals surface area contributed by atoms with Gasteiger partial charge in [0.15, 0.2) is 0 Å². The number of carbonyl (C=O) groups is 2. The highest BCUT2D eigenvalue weighted by molar-refractivity contribution is 5.94. The third kappa shape index (κ3) is 4.10. The molecule has 0 radical (unpaired) electrons. The molecule has 0 spiro atoms. The van der Waals surface area contributed by atoms with Crippen LogP contribution in [-0.4, -0.2) is 42.6 Å². The van der Waals surface area contributed by atoms with Gasteiger partial charge in [-0.25, -0.2) is 4.98 Å². The van der Waals surface area contributed by atoms with Crippen LogP contribution in [0.5, 0.6) is 0 Å². The van der Waals surface area contributed by atoms with Crippen molar-refractivity contribution in [3.63, 3.8) is 0 Å². The Morgan fingerprint density at radius 1 is 1.47 bits per heavy atom. The van der Waals surface area contributed by atoms with E-state index in [2.05, 4.69) is 10.3 Å². The summed E-state index contributed by atoms with van der Waals surface area (Å²) in [6.07, 6.45) is 1.46. The number of carbonyl (C=O) groups excluding carboxylic acids is 1. The smallest absolute Gasteiger partial charge is 0.305 e. The fourth-order valence-corrected chi connectivity index (χ4v) is 1.19. The number of carboxylic acids is 1. The van der Waals surface area contributed by atoms with Gasteiger partial charge in [0.25, 0.3) is 5.91 Å². The van der Waals surface area contributed by atoms with Gasteiger partial charge in [-0.05, 0) is 12.1 Å². The summed E-state index contributed by atoms with van der Waals surface area (Å²) in [4.78, 5) is 27.8. The molecule has 0 atom stereocenters. The van der Waals surface area contributed by atoms with Crippen LogP contribution in [0.25, 0.3) is 0 Å². The second-order valence-electron chi connectivity index (χ2n) is 3.70. The zero-order valence-electron chi connectivity index (χ0n) is 9.80. The van der Waals surface area contributed by atoms with Crippen molar-refractivity contribution in [3.05, 3.63) is 23.9 Å². The van der Waals surface area contributed by atoms with E-state index >= 15 is 0 Å². The van der Waals surface area contributed by atoms with Gasteiger partial charge in [0.05, 0.1) is 6.42 Å². The van der Waals surface area contributed by atoms with E-state index in [1.165, 1.54) is 0 Å². The van der Waals surface area contributed by atoms with E-state index in [9.17, 15) is 9.59 Å². The molecule has 1 aromatic heterocycles. The Balaban J connectivity index is 2.62. The molecule has 2 N–H and O–H groups in total. The van der Waals surface area contributed by atoms with Gasteiger partial charge in [-0.15, -0.1) is 0 Å². The van der Waals surface area contributed by atoms with Gasteiger partial charge in [0.1, 0.15) is 5.82 Å². The Kier molecular flexibility index (Phi) is 4.45. The van der Waals surface area contributed by atoms with Crippen LogP contribution < -0.4 is 10.2 Å². The first-order valence-electron chi connectivity index (χ1n) is 5.14. The predicted molar refractivity (Wildman–Crippen MR) is 63.2 cm³/mol. The maximum absolute atomic E-state index is 11.7. The van der Waals surface area contributed by atoms with Crippen LogP contribution in [0.3, 0.4) is 0 Å². The van der Waals surface area contributed by atoms with Gasteiger partial charge in [-0.3, -0.25) is 9.59 Å². The Hall–Kier alpha value is -2.11. The van der Waals surface area contributed by atoms with Crippen LogP contribution in [0.2, 0.25) is 0 Å². The lowest BCUT2D eigenvalue weighted by atomic mass is 10.2. The van der Waals surface area contributed by atoms with Crippen molar-refractivity contribution in [2.75, 3.05) is 25.5 Å². The molecule has 1 heterocycles. The lowest BCUT2D eigenvalue weighted by molar-refractivity contribution is -0.136. The normalized spacial score (nSPS) is 9.76. The molecule has 17 heavy (non-hydrogen) atoms. The topological polar surface area (TPSA) is 82.5 Å². The van der Waals surface area contributed by atoms with Gasteiger partial charge in [-0.1, -0.05) is 0 Å². The van der Waals surface area contributed by atoms with Crippen molar-refractivity contribution in [1.82, 2.24) is 10.3 Å². The van der Waals surface area contributed by atoms with Gasteiger partial charge in [0.2, 0.25) is 0 Å². The lowest BCUT2D eigenvalue weighted by Gasteiger charge is -2.11. The van der Waals surface area contributed by atoms with Crippen molar-refractivity contribution in [1.29, 1.82) is 0 Å². The number of anilines is 1. The molecule has 92 valence electrons. The van der Waals surface area contributed by atoms with Crippen LogP contribution in [0.1, 0.15) is 16.8 Å². The summed E-state index contributed by atoms with van der Waals surface area (Å²) < 4.78 is 0. The number of nitrogens with one attached hydrogen (secondary N) is 1. The summed E-state index contributed by atoms with van der Waals surface area (Å²) >= 11 is 0. The average molecular weight is 237 g/mol. The summed E-state index contributed by atoms with van der Waals surface area (Å²) in [7, 11) is 3.66. The van der Waals surface area contributed by atoms with Gasteiger partial charge in [-0.2, -0.15) is 0 Å². The fraction of sp³-hybridized carbons (Fsp3) is 0.364. The first kappa shape index (κ1) is 13.0. The number of nitrogens with zero attached hydrogens (tertiary/aromatic N) is 2. The minimum atomic E-state index is -0.936. The van der Waals surface area contributed by atoms with E-state index in [0.29, 0.717) is 11.4 Å². The quantitative estimate of drug-likeness (QED) is 0.772. The van der Waals surface area contributed by atoms with Crippen molar-refractivity contribution >= 4 is 17.7 Å². The largest absolute Gasteiger partial charge is 0.481 e. The number of rotatable bonds is 5. The Bertz CT molecular complexity index is 418. The zero-order chi connectivity index (χ0) is 12.8. The molecule has 0 aliphatic heterocycles. The van der Waals surface area contributed by atoms with Crippen molar-refractivity contribution < 1.29 is 14.7 Å². The lowest BCUT2D eigenvalue weighted by Crippen LogP contribution is -2.26. The molecule has 1 amide bonds. The highest BCUT2D eigenvalue weighted by atomic mass is 16.4. The molecule has 0 saturated carbocycles. The van der Waals surface area contributed by atoms with Crippen LogP contribution in [0.15, 0.2) is 18.3 Å². The Morgan fingerprint density at radius 2 is 2.18 bits per heavy atom. The molecular weight excluding hydrogens is 222 g/mol. The summed E-state index contributed by atoms with van der Waals surface area (Å²) in [5.41, 5.74) is 0.467. The minimum absolute atomic E-state index is 0.0860. The molecule has 0 saturated heterocycles. The maximum atomic E-state index is 11.7. The van der Waals surface area contributed by atoms with Gasteiger partial charge >= 0.3 is 5.97 Å². The van der Waals surface area contributed by atoms with E-state index in [4.69, 9.17) is 5.11 Å². The second-order valence-corrected chi connectivity index (χ2v) is 3.70. The van der Waals surface area contributed by atoms with Crippen molar-refractivity contribution in [2.24, 2.45) is 0 Å². The van der Waals surface area contributed by atoms with E-state index in [0.717, 1.165) is 0 Å². The third-order valence-electron chi connectivity index (χ3n) is 2.09. The Labute approximate surface area is 99.3 Å². The van der Waals surface area contributed by atoms with Crippen molar-refractivity contribution in [3.8, 4) is 0 Å². The average Bonchev–Trinajstić information content (AvgIpc) is 2.28. The number of pyridine rings is 1. The fourth-order valence-electron chi connectivity index (χ4n) is 1.19. The number of carboxylic acid groups (broad SMARTS) is 1. The molecule has 0 aromatic carbocycles. The monoisotopic (exact) mass is 237 g/mol. The number of hydrogen-bond donors (Lipinski definition) is 2. The van der Waals surface area contributed by atoms with Crippen LogP contribution in [0.4, 0.5) is 5.82 Å². The molecule has 0 aliphatic rings. The molecule has 0 fully saturated rings. The highest BCUT2D eigenvalue weighted by Crippen LogP contribution is 2.09. The molecule has 0 unspecified atom stereocenters. The van der Waals surface area contributed by atoms with Crippen LogP contribution >= 0.6 is 0 Å². The molecule has 0 bridgehead atoms. The number of aliphatic carboxylic acids is 1. The maximum Gasteiger partial charge on any atom is 0.305 e. The standard InChI is InChI=1S/C11H15N3O3/c1-14(2)9-7-8(3-5-12-9)11(17)13-6-4-10(15)16/h3,5,7H,4,6H2,1-2H3,(H,13,17)(H,15,16). The van der Waals surface area contributed by atoms with E-state index in [1.54, 1.807) is 23.2 Å².